The number of aliphatic imine (C=N–C) groups is 1. The third-order valence-electron chi connectivity index (χ3n) is 2.90. The maximum Gasteiger partial charge on any atom is 0.0696 e. The number of hydrogen-bond acceptors (Lipinski definition) is 1. The van der Waals surface area contributed by atoms with Crippen LogP contribution in [0.15, 0.2) is 122 Å². The third-order valence-corrected chi connectivity index (χ3v) is 2.90. The molecule has 0 saturated carbocycles. The number of hydrogen-bond donors (Lipinski definition) is 0. The lowest BCUT2D eigenvalue weighted by molar-refractivity contribution is 1.44. The van der Waals surface area contributed by atoms with Crippen LogP contribution in [-0.4, -0.2) is 5.71 Å². The van der Waals surface area contributed by atoms with Gasteiger partial charge in [-0.05, 0) is 17.2 Å². The van der Waals surface area contributed by atoms with Gasteiger partial charge >= 0.3 is 0 Å². The summed E-state index contributed by atoms with van der Waals surface area (Å²) < 4.78 is 0. The SMILES string of the molecule is C=C\C=C/C=C(C=C)/C(C=C)=C/N=C(\C=C)c1ccccc1. The molecule has 1 nitrogen and oxygen atoms in total. The fraction of sp³-hybridized carbons (Fsp3) is 0. The first-order chi connectivity index (χ1) is 10.8. The minimum Gasteiger partial charge on any atom is -0.256 e. The molecule has 0 unspecified atom stereocenters. The van der Waals surface area contributed by atoms with Gasteiger partial charge in [0, 0.05) is 11.8 Å². The normalized spacial score (nSPS) is 13.0. The topological polar surface area (TPSA) is 12.4 Å². The van der Waals surface area contributed by atoms with E-state index in [1.807, 2.05) is 48.6 Å². The predicted octanol–water partition coefficient (Wildman–Crippen LogP) is 5.59. The van der Waals surface area contributed by atoms with E-state index in [2.05, 4.69) is 31.3 Å². The first-order valence-electron chi connectivity index (χ1n) is 6.97. The second-order valence-electron chi connectivity index (χ2n) is 4.32. The van der Waals surface area contributed by atoms with Crippen molar-refractivity contribution in [2.75, 3.05) is 0 Å². The Morgan fingerprint density at radius 3 is 2.05 bits per heavy atom. The highest BCUT2D eigenvalue weighted by Gasteiger charge is 1.98. The molecule has 22 heavy (non-hydrogen) atoms. The zero-order valence-electron chi connectivity index (χ0n) is 12.8. The summed E-state index contributed by atoms with van der Waals surface area (Å²) in [6.07, 6.45) is 14.4. The van der Waals surface area contributed by atoms with Gasteiger partial charge in [-0.25, -0.2) is 0 Å². The molecular weight excluding hydrogens is 266 g/mol. The van der Waals surface area contributed by atoms with E-state index in [1.165, 1.54) is 0 Å². The van der Waals surface area contributed by atoms with Crippen LogP contribution in [0.4, 0.5) is 0 Å². The molecule has 0 aliphatic heterocycles. The Hall–Kier alpha value is -2.93. The molecule has 0 fully saturated rings. The van der Waals surface area contributed by atoms with Gasteiger partial charge in [0.15, 0.2) is 0 Å². The van der Waals surface area contributed by atoms with Crippen LogP contribution < -0.4 is 0 Å². The molecule has 1 heteroatoms. The molecule has 0 aliphatic carbocycles. The van der Waals surface area contributed by atoms with Crippen molar-refractivity contribution < 1.29 is 0 Å². The monoisotopic (exact) mass is 287 g/mol. The highest BCUT2D eigenvalue weighted by atomic mass is 14.7. The first kappa shape index (κ1) is 17.1. The molecule has 1 rings (SSSR count). The number of rotatable bonds is 8. The van der Waals surface area contributed by atoms with Crippen LogP contribution in [0, 0.1) is 0 Å². The van der Waals surface area contributed by atoms with Gasteiger partial charge in [-0.15, -0.1) is 0 Å². The van der Waals surface area contributed by atoms with Crippen molar-refractivity contribution in [2.24, 2.45) is 4.99 Å². The standard InChI is InChI=1S/C21H21N/c1-5-9-11-14-18(6-2)19(7-3)17-22-21(8-4)20-15-12-10-13-16-20/h5-17H,1-4H2/b11-9-,18-14+,19-17+,22-21+. The van der Waals surface area contributed by atoms with Crippen LogP contribution in [0.3, 0.4) is 0 Å². The Morgan fingerprint density at radius 1 is 0.818 bits per heavy atom. The van der Waals surface area contributed by atoms with Gasteiger partial charge in [-0.3, -0.25) is 4.99 Å². The van der Waals surface area contributed by atoms with Crippen LogP contribution in [0.2, 0.25) is 0 Å². The lowest BCUT2D eigenvalue weighted by Gasteiger charge is -2.03. The Labute approximate surface area is 133 Å². The molecule has 110 valence electrons. The highest BCUT2D eigenvalue weighted by Crippen LogP contribution is 2.14. The summed E-state index contributed by atoms with van der Waals surface area (Å²) in [5, 5.41) is 0. The molecule has 0 aliphatic rings. The highest BCUT2D eigenvalue weighted by molar-refractivity contribution is 6.08. The van der Waals surface area contributed by atoms with Gasteiger partial charge < -0.3 is 0 Å². The molecule has 1 aromatic rings. The van der Waals surface area contributed by atoms with Crippen molar-refractivity contribution >= 4 is 5.71 Å². The minimum absolute atomic E-state index is 0.810. The summed E-state index contributed by atoms with van der Waals surface area (Å²) in [5.41, 5.74) is 3.66. The van der Waals surface area contributed by atoms with Crippen LogP contribution in [0.5, 0.6) is 0 Å². The second-order valence-corrected chi connectivity index (χ2v) is 4.32. The number of allylic oxidation sites excluding steroid dienone is 9. The quantitative estimate of drug-likeness (QED) is 0.437. The average Bonchev–Trinajstić information content (AvgIpc) is 2.57. The molecule has 1 aromatic carbocycles. The van der Waals surface area contributed by atoms with E-state index in [0.717, 1.165) is 22.4 Å². The molecule has 0 bridgehead atoms. The molecule has 0 heterocycles. The van der Waals surface area contributed by atoms with Crippen molar-refractivity contribution in [2.45, 2.75) is 0 Å². The fourth-order valence-corrected chi connectivity index (χ4v) is 1.76. The van der Waals surface area contributed by atoms with Crippen molar-refractivity contribution in [3.05, 3.63) is 122 Å². The van der Waals surface area contributed by atoms with Crippen LogP contribution >= 0.6 is 0 Å². The van der Waals surface area contributed by atoms with Gasteiger partial charge in [-0.2, -0.15) is 0 Å². The lowest BCUT2D eigenvalue weighted by atomic mass is 10.1. The minimum atomic E-state index is 0.810. The average molecular weight is 287 g/mol. The van der Waals surface area contributed by atoms with E-state index in [4.69, 9.17) is 0 Å². The molecule has 0 atom stereocenters. The number of nitrogens with zero attached hydrogens (tertiary/aromatic N) is 1. The number of benzene rings is 1. The Kier molecular flexibility index (Phi) is 7.70. The molecule has 0 N–H and O–H groups in total. The van der Waals surface area contributed by atoms with Gasteiger partial charge in [0.05, 0.1) is 5.71 Å². The molecular formula is C21H21N. The summed E-state index contributed by atoms with van der Waals surface area (Å²) in [6, 6.07) is 9.92. The fourth-order valence-electron chi connectivity index (χ4n) is 1.76. The predicted molar refractivity (Wildman–Crippen MR) is 99.1 cm³/mol. The summed E-state index contributed by atoms with van der Waals surface area (Å²) in [4.78, 5) is 4.51. The van der Waals surface area contributed by atoms with Crippen molar-refractivity contribution in [3.8, 4) is 0 Å². The second kappa shape index (κ2) is 9.89. The Morgan fingerprint density at radius 2 is 1.50 bits per heavy atom. The van der Waals surface area contributed by atoms with Crippen molar-refractivity contribution in [3.63, 3.8) is 0 Å². The Balaban J connectivity index is 3.16. The smallest absolute Gasteiger partial charge is 0.0696 e. The van der Waals surface area contributed by atoms with Gasteiger partial charge in [-0.1, -0.05) is 93.1 Å². The lowest BCUT2D eigenvalue weighted by Crippen LogP contribution is -1.95. The van der Waals surface area contributed by atoms with Gasteiger partial charge in [0.25, 0.3) is 0 Å². The molecule has 0 aromatic heterocycles. The summed E-state index contributed by atoms with van der Waals surface area (Å²) in [5.74, 6) is 0. The zero-order chi connectivity index (χ0) is 16.2. The third kappa shape index (κ3) is 5.22. The van der Waals surface area contributed by atoms with E-state index >= 15 is 0 Å². The zero-order valence-corrected chi connectivity index (χ0v) is 12.8. The van der Waals surface area contributed by atoms with Crippen LogP contribution in [-0.2, 0) is 0 Å². The largest absolute Gasteiger partial charge is 0.256 e. The van der Waals surface area contributed by atoms with Gasteiger partial charge in [0.2, 0.25) is 0 Å². The van der Waals surface area contributed by atoms with E-state index in [0.29, 0.717) is 0 Å². The van der Waals surface area contributed by atoms with E-state index in [1.54, 1.807) is 30.5 Å². The van der Waals surface area contributed by atoms with E-state index < -0.39 is 0 Å². The maximum absolute atomic E-state index is 4.51. The molecule has 0 spiro atoms. The summed E-state index contributed by atoms with van der Waals surface area (Å²) in [6.45, 7) is 15.1. The van der Waals surface area contributed by atoms with E-state index in [-0.39, 0.29) is 0 Å². The van der Waals surface area contributed by atoms with Crippen molar-refractivity contribution in [1.82, 2.24) is 0 Å². The van der Waals surface area contributed by atoms with Gasteiger partial charge in [0.1, 0.15) is 0 Å². The molecule has 0 amide bonds. The maximum atomic E-state index is 4.51. The Bertz CT molecular complexity index is 652. The molecule has 0 saturated heterocycles. The van der Waals surface area contributed by atoms with E-state index in [9.17, 15) is 0 Å². The van der Waals surface area contributed by atoms with Crippen molar-refractivity contribution in [1.29, 1.82) is 0 Å². The van der Waals surface area contributed by atoms with Crippen LogP contribution in [0.25, 0.3) is 0 Å². The first-order valence-corrected chi connectivity index (χ1v) is 6.97. The molecule has 0 radical (unpaired) electrons. The summed E-state index contributed by atoms with van der Waals surface area (Å²) >= 11 is 0. The van der Waals surface area contributed by atoms with Crippen LogP contribution in [0.1, 0.15) is 5.56 Å². The summed E-state index contributed by atoms with van der Waals surface area (Å²) in [7, 11) is 0.